The fraction of sp³-hybridized carbons (Fsp3) is 0.288. The fourth-order valence-corrected chi connectivity index (χ4v) is 11.7. The van der Waals surface area contributed by atoms with Crippen molar-refractivity contribution in [2.45, 2.75) is 105 Å². The van der Waals surface area contributed by atoms with Crippen molar-refractivity contribution in [2.24, 2.45) is 5.92 Å². The molecule has 0 atom stereocenters. The predicted octanol–water partition coefficient (Wildman–Crippen LogP) is 16.3. The van der Waals surface area contributed by atoms with Crippen molar-refractivity contribution in [1.29, 1.82) is 0 Å². The van der Waals surface area contributed by atoms with Gasteiger partial charge in [0.05, 0.1) is 24.9 Å². The molecule has 0 bridgehead atoms. The van der Waals surface area contributed by atoms with E-state index >= 15 is 0 Å². The third-order valence-corrected chi connectivity index (χ3v) is 15.8. The maximum absolute atomic E-state index is 9.03. The van der Waals surface area contributed by atoms with Crippen LogP contribution in [0.2, 0.25) is 19.6 Å². The van der Waals surface area contributed by atoms with Crippen LogP contribution in [-0.4, -0.2) is 22.6 Å². The van der Waals surface area contributed by atoms with E-state index in [2.05, 4.69) is 172 Å². The van der Waals surface area contributed by atoms with Gasteiger partial charge in [-0.3, -0.25) is 4.98 Å². The van der Waals surface area contributed by atoms with Gasteiger partial charge < -0.3 is 9.55 Å². The smallest absolute Gasteiger partial charge is 0.0798 e. The molecule has 6 aromatic carbocycles. The molecule has 1 saturated carbocycles. The first kappa shape index (κ1) is 40.3. The molecule has 0 spiro atoms. The number of aromatic nitrogens is 3. The Balaban J connectivity index is 0.000000196. The molecule has 1 fully saturated rings. The molecule has 65 heavy (non-hydrogen) atoms. The van der Waals surface area contributed by atoms with E-state index in [0.717, 1.165) is 58.9 Å². The summed E-state index contributed by atoms with van der Waals surface area (Å²) in [6, 6.07) is 50.5. The Morgan fingerprint density at radius 1 is 0.738 bits per heavy atom. The largest absolute Gasteiger partial charge is 0.333 e. The normalized spacial score (nSPS) is 14.9. The number of benzene rings is 6. The van der Waals surface area contributed by atoms with Crippen LogP contribution in [0.25, 0.3) is 70.7 Å². The van der Waals surface area contributed by atoms with E-state index in [1.165, 1.54) is 60.6 Å². The molecule has 1 aliphatic carbocycles. The molecular formula is C59H61IrN3SSi-2. The average Bonchev–Trinajstić information content (AvgIpc) is 3.92. The summed E-state index contributed by atoms with van der Waals surface area (Å²) in [4.78, 5) is 9.87. The standard InChI is InChI=1S/C37H31N2S.C22H30NSi.Ir/c1-23(2)29-21-27(25-12-6-5-7-13-25)22-30(24(3)4)36(29)39-33-16-10-9-15-32(33)38-37(39)26-18-19-35-31(20-26)28-14-8-11-17-34(28)40-35;1-17-10-12-19(13-11-17)21-15-20(14-18-8-6-5-7-9-18)22(16-23-21)24(2,3)4;/h5-17,19-24H,1-4H3;10-12,15-16,18H,5-9,14H2,1-4H3;/q2*-1;/i;1D3,14D2;. The Bertz CT molecular complexity index is 3240. The van der Waals surface area contributed by atoms with Gasteiger partial charge in [0.25, 0.3) is 0 Å². The van der Waals surface area contributed by atoms with Crippen LogP contribution in [0, 0.1) is 24.9 Å². The fourth-order valence-electron chi connectivity index (χ4n) is 9.22. The second-order valence-corrected chi connectivity index (χ2v) is 25.1. The second-order valence-electron chi connectivity index (χ2n) is 19.0. The van der Waals surface area contributed by atoms with Crippen LogP contribution in [-0.2, 0) is 26.5 Å². The van der Waals surface area contributed by atoms with Gasteiger partial charge in [0.2, 0.25) is 0 Å². The molecule has 10 rings (SSSR count). The summed E-state index contributed by atoms with van der Waals surface area (Å²) in [5.74, 6) is 1.63. The summed E-state index contributed by atoms with van der Waals surface area (Å²) in [5, 5.41) is 3.62. The minimum absolute atomic E-state index is 0. The third kappa shape index (κ3) is 9.93. The van der Waals surface area contributed by atoms with Gasteiger partial charge in [-0.05, 0) is 97.7 Å². The molecule has 0 unspecified atom stereocenters. The third-order valence-electron chi connectivity index (χ3n) is 12.6. The van der Waals surface area contributed by atoms with Gasteiger partial charge in [0.1, 0.15) is 0 Å². The van der Waals surface area contributed by atoms with E-state index in [0.29, 0.717) is 23.1 Å². The topological polar surface area (TPSA) is 30.7 Å². The van der Waals surface area contributed by atoms with Crippen LogP contribution in [0.5, 0.6) is 0 Å². The number of thiophene rings is 1. The Hall–Kier alpha value is -4.97. The molecule has 9 aromatic rings. The Labute approximate surface area is 412 Å². The van der Waals surface area contributed by atoms with E-state index < -0.39 is 21.3 Å². The van der Waals surface area contributed by atoms with Crippen molar-refractivity contribution in [3.05, 3.63) is 168 Å². The molecule has 0 saturated heterocycles. The van der Waals surface area contributed by atoms with Crippen LogP contribution in [0.3, 0.4) is 0 Å². The van der Waals surface area contributed by atoms with Crippen molar-refractivity contribution in [2.75, 3.05) is 0 Å². The zero-order chi connectivity index (χ0) is 48.8. The second kappa shape index (κ2) is 19.9. The molecule has 6 heteroatoms. The van der Waals surface area contributed by atoms with Gasteiger partial charge in [-0.1, -0.05) is 164 Å². The molecule has 1 radical (unpaired) electrons. The first-order chi connectivity index (χ1) is 32.9. The molecule has 0 amide bonds. The van der Waals surface area contributed by atoms with E-state index in [9.17, 15) is 0 Å². The van der Waals surface area contributed by atoms with Gasteiger partial charge in [0.15, 0.2) is 0 Å². The molecule has 0 aliphatic heterocycles. The SMILES string of the molecule is CC(C)c1cc(-c2ccccc2)cc(C(C)C)c1-n1c(-c2[c-]cc3sc4ccccc4c3c2)nc2ccccc21.[2H]C([2H])([2H])c1c[c-]c(-c2cc(C([2H])([2H])C3CCCCC3)c([Si](C)(C)C)cn2)cc1.[Ir]. The quantitative estimate of drug-likeness (QED) is 0.107. The number of rotatable bonds is 9. The molecule has 3 heterocycles. The zero-order valence-corrected chi connectivity index (χ0v) is 42.8. The van der Waals surface area contributed by atoms with Gasteiger partial charge >= 0.3 is 0 Å². The number of fused-ring (bicyclic) bond motifs is 4. The average molecular weight is 1070 g/mol. The summed E-state index contributed by atoms with van der Waals surface area (Å²) < 4.78 is 45.6. The van der Waals surface area contributed by atoms with Crippen molar-refractivity contribution in [1.82, 2.24) is 14.5 Å². The van der Waals surface area contributed by atoms with E-state index in [-0.39, 0.29) is 31.6 Å². The molecule has 3 nitrogen and oxygen atoms in total. The number of hydrogen-bond acceptors (Lipinski definition) is 3. The van der Waals surface area contributed by atoms with Gasteiger partial charge in [-0.15, -0.1) is 59.2 Å². The molecule has 0 N–H and O–H groups in total. The van der Waals surface area contributed by atoms with Crippen LogP contribution in [0.4, 0.5) is 0 Å². The number of pyridine rings is 1. The Morgan fingerprint density at radius 2 is 1.43 bits per heavy atom. The van der Waals surface area contributed by atoms with Crippen molar-refractivity contribution >= 4 is 55.8 Å². The summed E-state index contributed by atoms with van der Waals surface area (Å²) in [6.07, 6.45) is 5.68. The van der Waals surface area contributed by atoms with Gasteiger partial charge in [0, 0.05) is 43.5 Å². The van der Waals surface area contributed by atoms with E-state index in [1.54, 1.807) is 12.1 Å². The first-order valence-corrected chi connectivity index (χ1v) is 27.3. The minimum atomic E-state index is -2.16. The number of nitrogens with zero attached hydrogens (tertiary/aromatic N) is 3. The molecule has 333 valence electrons. The van der Waals surface area contributed by atoms with Crippen LogP contribution >= 0.6 is 11.3 Å². The molecule has 1 aliphatic rings. The van der Waals surface area contributed by atoms with E-state index in [1.807, 2.05) is 23.6 Å². The van der Waals surface area contributed by atoms with Crippen LogP contribution in [0.15, 0.2) is 134 Å². The Kier molecular flexibility index (Phi) is 12.3. The first-order valence-electron chi connectivity index (χ1n) is 25.5. The monoisotopic (exact) mass is 1070 g/mol. The molecular weight excluding hydrogens is 1000 g/mol. The van der Waals surface area contributed by atoms with Gasteiger partial charge in [-0.25, -0.2) is 0 Å². The Morgan fingerprint density at radius 3 is 2.12 bits per heavy atom. The van der Waals surface area contributed by atoms with Crippen LogP contribution in [0.1, 0.15) is 101 Å². The van der Waals surface area contributed by atoms with Gasteiger partial charge in [-0.2, -0.15) is 11.3 Å². The maximum Gasteiger partial charge on any atom is 0.0798 e. The predicted molar refractivity (Wildman–Crippen MR) is 278 cm³/mol. The van der Waals surface area contributed by atoms with E-state index in [4.69, 9.17) is 11.8 Å². The molecule has 3 aromatic heterocycles. The summed E-state index contributed by atoms with van der Waals surface area (Å²) >= 11 is 1.82. The summed E-state index contributed by atoms with van der Waals surface area (Å²) in [5.41, 5.74) is 11.9. The van der Waals surface area contributed by atoms with Crippen molar-refractivity contribution in [3.63, 3.8) is 0 Å². The number of aryl methyl sites for hydroxylation is 1. The van der Waals surface area contributed by atoms with Crippen molar-refractivity contribution < 1.29 is 27.0 Å². The summed E-state index contributed by atoms with van der Waals surface area (Å²) in [6.45, 7) is 13.7. The summed E-state index contributed by atoms with van der Waals surface area (Å²) in [7, 11) is -1.80. The maximum atomic E-state index is 9.03. The zero-order valence-electron chi connectivity index (χ0n) is 43.6. The van der Waals surface area contributed by atoms with Crippen molar-refractivity contribution in [3.8, 4) is 39.5 Å². The number of imidazole rings is 1. The van der Waals surface area contributed by atoms with Crippen LogP contribution < -0.4 is 5.19 Å². The number of hydrogen-bond donors (Lipinski definition) is 0. The number of para-hydroxylation sites is 2. The minimum Gasteiger partial charge on any atom is -0.333 e.